The number of rotatable bonds is 15. The Labute approximate surface area is 219 Å². The normalized spacial score (nSPS) is 11.2. The van der Waals surface area contributed by atoms with E-state index in [4.69, 9.17) is 19.7 Å². The summed E-state index contributed by atoms with van der Waals surface area (Å²) < 4.78 is 25.0. The van der Waals surface area contributed by atoms with Crippen LogP contribution in [0.4, 0.5) is 4.39 Å². The van der Waals surface area contributed by atoms with Crippen LogP contribution >= 0.6 is 0 Å². The number of hydrogen-bond acceptors (Lipinski definition) is 6. The lowest BCUT2D eigenvalue weighted by Crippen LogP contribution is -2.16. The van der Waals surface area contributed by atoms with Crippen LogP contribution in [0.3, 0.4) is 0 Å². The van der Waals surface area contributed by atoms with E-state index >= 15 is 0 Å². The Hall–Kier alpha value is -3.13. The van der Waals surface area contributed by atoms with E-state index in [2.05, 4.69) is 20.1 Å². The molecule has 37 heavy (non-hydrogen) atoms. The first-order chi connectivity index (χ1) is 17.8. The lowest BCUT2D eigenvalue weighted by atomic mass is 9.94. The highest BCUT2D eigenvalue weighted by Gasteiger charge is 2.16. The summed E-state index contributed by atoms with van der Waals surface area (Å²) in [6.07, 6.45) is 5.20. The smallest absolute Gasteiger partial charge is 0.335 e. The lowest BCUT2D eigenvalue weighted by molar-refractivity contribution is -0.140. The molecule has 0 amide bonds. The largest absolute Gasteiger partial charge is 0.462 e. The molecule has 0 bridgehead atoms. The summed E-state index contributed by atoms with van der Waals surface area (Å²) in [6.45, 7) is 8.83. The average molecular weight is 515 g/mol. The Balaban J connectivity index is 0.00000102. The number of aliphatic hydroxyl groups is 2. The molecular weight excluding hydrogens is 475 g/mol. The molecule has 202 valence electrons. The number of benzene rings is 2. The number of esters is 1. The highest BCUT2D eigenvalue weighted by molar-refractivity contribution is 5.87. The van der Waals surface area contributed by atoms with E-state index in [9.17, 15) is 14.0 Å². The number of aryl methyl sites for hydroxylation is 1. The first-order valence-corrected chi connectivity index (χ1v) is 12.4. The van der Waals surface area contributed by atoms with Gasteiger partial charge in [-0.1, -0.05) is 69.3 Å². The fourth-order valence-electron chi connectivity index (χ4n) is 3.43. The van der Waals surface area contributed by atoms with Gasteiger partial charge in [-0.2, -0.15) is 0 Å². The Morgan fingerprint density at radius 3 is 2.24 bits per heavy atom. The summed E-state index contributed by atoms with van der Waals surface area (Å²) in [7, 11) is 1.63. The third-order valence-corrected chi connectivity index (χ3v) is 5.75. The van der Waals surface area contributed by atoms with Crippen LogP contribution in [0.2, 0.25) is 0 Å². The van der Waals surface area contributed by atoms with E-state index < -0.39 is 12.6 Å². The molecule has 0 spiro atoms. The maximum Gasteiger partial charge on any atom is 0.335 e. The molecule has 0 heterocycles. The van der Waals surface area contributed by atoms with Crippen LogP contribution in [0.1, 0.15) is 49.7 Å². The topological polar surface area (TPSA) is 93.1 Å². The molecule has 0 saturated carbocycles. The summed E-state index contributed by atoms with van der Waals surface area (Å²) in [6, 6.07) is 13.3. The van der Waals surface area contributed by atoms with Crippen LogP contribution in [0.25, 0.3) is 11.1 Å². The van der Waals surface area contributed by atoms with Crippen molar-refractivity contribution in [2.75, 3.05) is 33.5 Å². The lowest BCUT2D eigenvalue weighted by Gasteiger charge is -2.18. The Bertz CT molecular complexity index is 1000. The molecular formula is C30H39FO6. The van der Waals surface area contributed by atoms with Crippen LogP contribution in [-0.2, 0) is 25.5 Å². The van der Waals surface area contributed by atoms with E-state index in [1.807, 2.05) is 36.4 Å². The number of ether oxygens (including phenoxy) is 2. The van der Waals surface area contributed by atoms with E-state index in [0.29, 0.717) is 19.3 Å². The van der Waals surface area contributed by atoms with Crippen molar-refractivity contribution >= 4 is 12.3 Å². The van der Waals surface area contributed by atoms with Gasteiger partial charge < -0.3 is 19.7 Å². The number of methoxy groups -OCH3 is 1. The van der Waals surface area contributed by atoms with Crippen molar-refractivity contribution in [2.45, 2.75) is 44.9 Å². The van der Waals surface area contributed by atoms with Gasteiger partial charge in [0.25, 0.3) is 0 Å². The summed E-state index contributed by atoms with van der Waals surface area (Å²) in [5.74, 6) is -0.815. The SMILES string of the molecule is C=C(C=O)CO.C=C(CO)C(=O)OCC(CCOC)c1ccc(-c2ccc(CCCCC)c(F)c2)cc1. The molecule has 0 fully saturated rings. The maximum absolute atomic E-state index is 14.5. The number of unbranched alkanes of at least 4 members (excludes halogenated alkanes) is 2. The molecule has 1 unspecified atom stereocenters. The highest BCUT2D eigenvalue weighted by Crippen LogP contribution is 2.27. The third-order valence-electron chi connectivity index (χ3n) is 5.75. The van der Waals surface area contributed by atoms with E-state index in [0.717, 1.165) is 47.9 Å². The van der Waals surface area contributed by atoms with Crippen LogP contribution in [-0.4, -0.2) is 56.0 Å². The molecule has 1 atom stereocenters. The van der Waals surface area contributed by atoms with Crippen molar-refractivity contribution in [1.82, 2.24) is 0 Å². The molecule has 0 radical (unpaired) electrons. The number of carbonyl (C=O) groups is 2. The molecule has 0 aliphatic rings. The van der Waals surface area contributed by atoms with Gasteiger partial charge in [0, 0.05) is 25.2 Å². The highest BCUT2D eigenvalue weighted by atomic mass is 19.1. The molecule has 0 aromatic heterocycles. The van der Waals surface area contributed by atoms with Gasteiger partial charge in [0.05, 0.1) is 25.4 Å². The minimum atomic E-state index is -0.601. The second kappa shape index (κ2) is 18.2. The van der Waals surface area contributed by atoms with Gasteiger partial charge in [-0.15, -0.1) is 0 Å². The first-order valence-electron chi connectivity index (χ1n) is 12.4. The minimum Gasteiger partial charge on any atom is -0.462 e. The zero-order valence-corrected chi connectivity index (χ0v) is 21.9. The second-order valence-electron chi connectivity index (χ2n) is 8.66. The minimum absolute atomic E-state index is 0.0287. The molecule has 6 nitrogen and oxygen atoms in total. The molecule has 2 aromatic carbocycles. The van der Waals surface area contributed by atoms with Crippen LogP contribution < -0.4 is 0 Å². The van der Waals surface area contributed by atoms with Gasteiger partial charge in [0.15, 0.2) is 0 Å². The number of carbonyl (C=O) groups excluding carboxylic acids is 2. The summed E-state index contributed by atoms with van der Waals surface area (Å²) in [4.78, 5) is 21.3. The molecule has 2 N–H and O–H groups in total. The van der Waals surface area contributed by atoms with Gasteiger partial charge >= 0.3 is 5.97 Å². The summed E-state index contributed by atoms with van der Waals surface area (Å²) in [5, 5.41) is 17.0. The second-order valence-corrected chi connectivity index (χ2v) is 8.66. The Kier molecular flexibility index (Phi) is 15.7. The Morgan fingerprint density at radius 2 is 1.73 bits per heavy atom. The van der Waals surface area contributed by atoms with Crippen molar-refractivity contribution in [3.8, 4) is 11.1 Å². The monoisotopic (exact) mass is 514 g/mol. The number of hydrogen-bond donors (Lipinski definition) is 2. The van der Waals surface area contributed by atoms with Crippen LogP contribution in [0.5, 0.6) is 0 Å². The first kappa shape index (κ1) is 31.9. The fourth-order valence-corrected chi connectivity index (χ4v) is 3.43. The van der Waals surface area contributed by atoms with Gasteiger partial charge in [-0.25, -0.2) is 9.18 Å². The molecule has 0 saturated heterocycles. The maximum atomic E-state index is 14.5. The molecule has 0 aliphatic heterocycles. The number of halogens is 1. The van der Waals surface area contributed by atoms with Crippen molar-refractivity contribution in [3.05, 3.63) is 83.7 Å². The average Bonchev–Trinajstić information content (AvgIpc) is 2.93. The van der Waals surface area contributed by atoms with E-state index in [1.54, 1.807) is 13.2 Å². The van der Waals surface area contributed by atoms with Crippen LogP contribution in [0.15, 0.2) is 66.8 Å². The van der Waals surface area contributed by atoms with E-state index in [1.165, 1.54) is 0 Å². The van der Waals surface area contributed by atoms with Crippen molar-refractivity contribution in [1.29, 1.82) is 0 Å². The summed E-state index contributed by atoms with van der Waals surface area (Å²) >= 11 is 0. The molecule has 2 aromatic rings. The third kappa shape index (κ3) is 11.6. The fraction of sp³-hybridized carbons (Fsp3) is 0.400. The Morgan fingerprint density at radius 1 is 1.05 bits per heavy atom. The number of aliphatic hydroxyl groups excluding tert-OH is 2. The van der Waals surface area contributed by atoms with Gasteiger partial charge in [0.1, 0.15) is 12.1 Å². The van der Waals surface area contributed by atoms with Gasteiger partial charge in [0.2, 0.25) is 0 Å². The molecule has 2 rings (SSSR count). The van der Waals surface area contributed by atoms with Crippen molar-refractivity contribution in [2.24, 2.45) is 0 Å². The zero-order chi connectivity index (χ0) is 27.6. The molecule has 7 heteroatoms. The van der Waals surface area contributed by atoms with E-state index in [-0.39, 0.29) is 36.1 Å². The predicted molar refractivity (Wildman–Crippen MR) is 144 cm³/mol. The van der Waals surface area contributed by atoms with Crippen molar-refractivity contribution in [3.63, 3.8) is 0 Å². The van der Waals surface area contributed by atoms with Crippen molar-refractivity contribution < 1.29 is 33.7 Å². The van der Waals surface area contributed by atoms with Gasteiger partial charge in [-0.05, 0) is 47.6 Å². The zero-order valence-electron chi connectivity index (χ0n) is 21.9. The molecule has 0 aliphatic carbocycles. The summed E-state index contributed by atoms with van der Waals surface area (Å²) in [5.41, 5.74) is 3.77. The predicted octanol–water partition coefficient (Wildman–Crippen LogP) is 5.17. The van der Waals surface area contributed by atoms with Gasteiger partial charge in [-0.3, -0.25) is 4.79 Å². The van der Waals surface area contributed by atoms with Crippen LogP contribution in [0, 0.1) is 5.82 Å². The standard InChI is InChI=1S/C26H33FO4.C4H6O2/c1-4-5-6-7-22-12-13-23(16-25(22)27)20-8-10-21(11-9-20)24(14-15-30-3)18-31-26(29)19(2)17-28;1-4(2-5)3-6/h8-13,16,24,28H,2,4-7,14-15,17-18H2,1,3H3;2,6H,1,3H2. The quantitative estimate of drug-likeness (QED) is 0.147. The number of aldehydes is 1.